The van der Waals surface area contributed by atoms with Gasteiger partial charge >= 0.3 is 0 Å². The van der Waals surface area contributed by atoms with Crippen molar-refractivity contribution >= 4 is 5.91 Å². The number of aromatic amines is 1. The van der Waals surface area contributed by atoms with Gasteiger partial charge in [0.25, 0.3) is 11.5 Å². The van der Waals surface area contributed by atoms with Crippen LogP contribution in [0.4, 0.5) is 0 Å². The molecule has 1 aromatic rings. The highest BCUT2D eigenvalue weighted by Crippen LogP contribution is 2.23. The third kappa shape index (κ3) is 2.24. The maximum Gasteiger partial charge on any atom is 0.260 e. The molecular weight excluding hydrogens is 218 g/mol. The number of aromatic nitrogens is 1. The van der Waals surface area contributed by atoms with Crippen LogP contribution in [0.3, 0.4) is 0 Å². The van der Waals surface area contributed by atoms with Gasteiger partial charge in [0.15, 0.2) is 0 Å². The third-order valence-corrected chi connectivity index (χ3v) is 3.30. The summed E-state index contributed by atoms with van der Waals surface area (Å²) in [6.45, 7) is 3.22. The van der Waals surface area contributed by atoms with E-state index < -0.39 is 0 Å². The van der Waals surface area contributed by atoms with Gasteiger partial charge in [-0.05, 0) is 37.9 Å². The first-order chi connectivity index (χ1) is 8.13. The number of hydrogen-bond donors (Lipinski definition) is 2. The van der Waals surface area contributed by atoms with Crippen LogP contribution in [0.25, 0.3) is 0 Å². The summed E-state index contributed by atoms with van der Waals surface area (Å²) in [4.78, 5) is 28.0. The Labute approximate surface area is 99.6 Å². The third-order valence-electron chi connectivity index (χ3n) is 3.30. The van der Waals surface area contributed by atoms with Gasteiger partial charge in [-0.15, -0.1) is 0 Å². The van der Waals surface area contributed by atoms with Crippen LogP contribution in [0, 0.1) is 5.92 Å². The van der Waals surface area contributed by atoms with Gasteiger partial charge in [-0.1, -0.05) is 0 Å². The predicted molar refractivity (Wildman–Crippen MR) is 64.7 cm³/mol. The standard InChI is InChI=1S/C12H17N3O2/c1-8-5-9(6-13)7-15(8)12(17)10-3-2-4-14-11(10)16/h2-4,8-9H,5-7,13H2,1H3,(H,14,16). The van der Waals surface area contributed by atoms with Gasteiger partial charge in [-0.3, -0.25) is 9.59 Å². The van der Waals surface area contributed by atoms with Gasteiger partial charge in [0.05, 0.1) is 0 Å². The van der Waals surface area contributed by atoms with Crippen LogP contribution in [0.1, 0.15) is 23.7 Å². The molecule has 1 fully saturated rings. The van der Waals surface area contributed by atoms with Crippen LogP contribution in [0.15, 0.2) is 23.1 Å². The number of nitrogens with two attached hydrogens (primary N) is 1. The average Bonchev–Trinajstić information content (AvgIpc) is 2.70. The Bertz CT molecular complexity index is 469. The molecule has 1 aliphatic rings. The van der Waals surface area contributed by atoms with Crippen LogP contribution in [-0.2, 0) is 0 Å². The van der Waals surface area contributed by atoms with Crippen molar-refractivity contribution in [1.82, 2.24) is 9.88 Å². The summed E-state index contributed by atoms with van der Waals surface area (Å²) in [7, 11) is 0. The number of nitrogens with zero attached hydrogens (tertiary/aromatic N) is 1. The van der Waals surface area contributed by atoms with Crippen LogP contribution in [-0.4, -0.2) is 34.9 Å². The zero-order valence-electron chi connectivity index (χ0n) is 9.85. The van der Waals surface area contributed by atoms with Crippen molar-refractivity contribution in [2.75, 3.05) is 13.1 Å². The Morgan fingerprint density at radius 3 is 3.00 bits per heavy atom. The lowest BCUT2D eigenvalue weighted by atomic mass is 10.1. The van der Waals surface area contributed by atoms with Crippen molar-refractivity contribution in [3.63, 3.8) is 0 Å². The molecule has 2 unspecified atom stereocenters. The van der Waals surface area contributed by atoms with Crippen molar-refractivity contribution in [3.05, 3.63) is 34.2 Å². The minimum absolute atomic E-state index is 0.149. The maximum absolute atomic E-state index is 12.2. The second-order valence-electron chi connectivity index (χ2n) is 4.56. The monoisotopic (exact) mass is 235 g/mol. The summed E-state index contributed by atoms with van der Waals surface area (Å²) < 4.78 is 0. The number of carbonyl (C=O) groups is 1. The molecule has 3 N–H and O–H groups in total. The number of nitrogens with one attached hydrogen (secondary N) is 1. The number of H-pyrrole nitrogens is 1. The van der Waals surface area contributed by atoms with E-state index in [4.69, 9.17) is 5.73 Å². The van der Waals surface area contributed by atoms with E-state index in [-0.39, 0.29) is 23.1 Å². The molecular formula is C12H17N3O2. The molecule has 17 heavy (non-hydrogen) atoms. The minimum Gasteiger partial charge on any atom is -0.335 e. The highest BCUT2D eigenvalue weighted by atomic mass is 16.2. The number of rotatable bonds is 2. The van der Waals surface area contributed by atoms with Crippen molar-refractivity contribution < 1.29 is 4.79 Å². The van der Waals surface area contributed by atoms with Crippen LogP contribution >= 0.6 is 0 Å². The van der Waals surface area contributed by atoms with Gasteiger partial charge < -0.3 is 15.6 Å². The molecule has 92 valence electrons. The van der Waals surface area contributed by atoms with E-state index in [0.29, 0.717) is 19.0 Å². The maximum atomic E-state index is 12.2. The highest BCUT2D eigenvalue weighted by molar-refractivity contribution is 5.94. The summed E-state index contributed by atoms with van der Waals surface area (Å²) >= 11 is 0. The van der Waals surface area contributed by atoms with Crippen LogP contribution in [0.5, 0.6) is 0 Å². The SMILES string of the molecule is CC1CC(CN)CN1C(=O)c1ccc[nH]c1=O. The first-order valence-electron chi connectivity index (χ1n) is 5.82. The lowest BCUT2D eigenvalue weighted by Crippen LogP contribution is -2.37. The van der Waals surface area contributed by atoms with E-state index in [1.807, 2.05) is 6.92 Å². The van der Waals surface area contributed by atoms with Crippen molar-refractivity contribution in [1.29, 1.82) is 0 Å². The molecule has 1 aromatic heterocycles. The molecule has 1 amide bonds. The van der Waals surface area contributed by atoms with Crippen molar-refractivity contribution in [2.24, 2.45) is 11.7 Å². The topological polar surface area (TPSA) is 79.2 Å². The molecule has 1 aliphatic heterocycles. The fourth-order valence-electron chi connectivity index (χ4n) is 2.34. The average molecular weight is 235 g/mol. The van der Waals surface area contributed by atoms with Gasteiger partial charge in [-0.2, -0.15) is 0 Å². The van der Waals surface area contributed by atoms with E-state index >= 15 is 0 Å². The fraction of sp³-hybridized carbons (Fsp3) is 0.500. The molecule has 2 atom stereocenters. The molecule has 0 saturated carbocycles. The zero-order valence-corrected chi connectivity index (χ0v) is 9.85. The summed E-state index contributed by atoms with van der Waals surface area (Å²) in [6.07, 6.45) is 2.43. The summed E-state index contributed by atoms with van der Waals surface area (Å²) in [6, 6.07) is 3.37. The lowest BCUT2D eigenvalue weighted by Gasteiger charge is -2.20. The number of pyridine rings is 1. The quantitative estimate of drug-likeness (QED) is 0.767. The number of carbonyl (C=O) groups excluding carboxylic acids is 1. The number of hydrogen-bond acceptors (Lipinski definition) is 3. The van der Waals surface area contributed by atoms with Crippen LogP contribution in [0.2, 0.25) is 0 Å². The first kappa shape index (κ1) is 11.9. The second kappa shape index (κ2) is 4.71. The lowest BCUT2D eigenvalue weighted by molar-refractivity contribution is 0.0741. The smallest absolute Gasteiger partial charge is 0.260 e. The van der Waals surface area contributed by atoms with E-state index in [2.05, 4.69) is 4.98 Å². The molecule has 2 rings (SSSR count). The van der Waals surface area contributed by atoms with Crippen molar-refractivity contribution in [2.45, 2.75) is 19.4 Å². The normalized spacial score (nSPS) is 24.0. The van der Waals surface area contributed by atoms with Gasteiger partial charge in [0, 0.05) is 18.8 Å². The largest absolute Gasteiger partial charge is 0.335 e. The molecule has 0 aliphatic carbocycles. The number of likely N-dealkylation sites (tertiary alicyclic amines) is 1. The molecule has 0 bridgehead atoms. The molecule has 1 saturated heterocycles. The van der Waals surface area contributed by atoms with Crippen molar-refractivity contribution in [3.8, 4) is 0 Å². The van der Waals surface area contributed by atoms with E-state index in [9.17, 15) is 9.59 Å². The summed E-state index contributed by atoms with van der Waals surface area (Å²) in [5.41, 5.74) is 5.49. The molecule has 0 spiro atoms. The van der Waals surface area contributed by atoms with Gasteiger partial charge in [0.1, 0.15) is 5.56 Å². The molecule has 0 radical (unpaired) electrons. The minimum atomic E-state index is -0.333. The van der Waals surface area contributed by atoms with Gasteiger partial charge in [0.2, 0.25) is 0 Å². The fourth-order valence-corrected chi connectivity index (χ4v) is 2.34. The Morgan fingerprint density at radius 2 is 2.41 bits per heavy atom. The summed E-state index contributed by atoms with van der Waals surface area (Å²) in [5.74, 6) is 0.145. The Kier molecular flexibility index (Phi) is 3.28. The Balaban J connectivity index is 2.22. The zero-order chi connectivity index (χ0) is 12.4. The van der Waals surface area contributed by atoms with E-state index in [1.165, 1.54) is 6.20 Å². The Hall–Kier alpha value is -1.62. The molecule has 5 heteroatoms. The van der Waals surface area contributed by atoms with E-state index in [1.54, 1.807) is 17.0 Å². The predicted octanol–water partition coefficient (Wildman–Crippen LogP) is 0.184. The first-order valence-corrected chi connectivity index (χ1v) is 5.82. The van der Waals surface area contributed by atoms with Crippen LogP contribution < -0.4 is 11.3 Å². The summed E-state index contributed by atoms with van der Waals surface area (Å²) in [5, 5.41) is 0. The molecule has 5 nitrogen and oxygen atoms in total. The number of amides is 1. The Morgan fingerprint density at radius 1 is 1.65 bits per heavy atom. The molecule has 0 aromatic carbocycles. The van der Waals surface area contributed by atoms with Gasteiger partial charge in [-0.25, -0.2) is 0 Å². The second-order valence-corrected chi connectivity index (χ2v) is 4.56. The molecule has 2 heterocycles. The highest BCUT2D eigenvalue weighted by Gasteiger charge is 2.32. The van der Waals surface area contributed by atoms with E-state index in [0.717, 1.165) is 6.42 Å².